The van der Waals surface area contributed by atoms with Gasteiger partial charge in [-0.15, -0.1) is 0 Å². The molecule has 0 saturated heterocycles. The first-order valence-electron chi connectivity index (χ1n) is 11.1. The molecular formula is C25H32NO5P. The van der Waals surface area contributed by atoms with E-state index in [4.69, 9.17) is 18.9 Å². The highest BCUT2D eigenvalue weighted by Crippen LogP contribution is 2.34. The van der Waals surface area contributed by atoms with Crippen LogP contribution in [0.25, 0.3) is 11.3 Å². The van der Waals surface area contributed by atoms with Gasteiger partial charge in [0.15, 0.2) is 0 Å². The summed E-state index contributed by atoms with van der Waals surface area (Å²) < 4.78 is 22.6. The molecule has 0 aliphatic rings. The number of aryl methyl sites for hydroxylation is 1. The van der Waals surface area contributed by atoms with Crippen LogP contribution in [-0.4, -0.2) is 29.1 Å². The Hall–Kier alpha value is -2.37. The summed E-state index contributed by atoms with van der Waals surface area (Å²) in [4.78, 5) is 17.9. The second-order valence-electron chi connectivity index (χ2n) is 7.87. The monoisotopic (exact) mass is 457 g/mol. The molecule has 1 aromatic heterocycles. The largest absolute Gasteiger partial charge is 0.493 e. The lowest BCUT2D eigenvalue weighted by molar-refractivity contribution is 0.305. The van der Waals surface area contributed by atoms with Gasteiger partial charge in [0.05, 0.1) is 24.6 Å². The molecule has 0 amide bonds. The maximum atomic E-state index is 10.9. The normalized spacial score (nSPS) is 11.6. The molecule has 3 rings (SSSR count). The minimum Gasteiger partial charge on any atom is -0.493 e. The number of benzene rings is 2. The predicted octanol–water partition coefficient (Wildman–Crippen LogP) is 5.40. The first kappa shape index (κ1) is 24.3. The number of furan rings is 1. The van der Waals surface area contributed by atoms with E-state index in [0.717, 1.165) is 48.3 Å². The molecule has 0 aliphatic carbocycles. The van der Waals surface area contributed by atoms with E-state index < -0.39 is 7.60 Å². The first-order valence-corrected chi connectivity index (χ1v) is 12.9. The van der Waals surface area contributed by atoms with Crippen LogP contribution in [0.4, 0.5) is 0 Å². The Kier molecular flexibility index (Phi) is 9.57. The smallest absolute Gasteiger partial charge is 0.325 e. The molecule has 0 aliphatic heterocycles. The van der Waals surface area contributed by atoms with Gasteiger partial charge >= 0.3 is 7.60 Å². The zero-order chi connectivity index (χ0) is 22.7. The van der Waals surface area contributed by atoms with E-state index in [-0.39, 0.29) is 6.16 Å². The Bertz CT molecular complexity index is 969. The summed E-state index contributed by atoms with van der Waals surface area (Å²) in [6.07, 6.45) is 6.32. The highest BCUT2D eigenvalue weighted by atomic mass is 31.2. The van der Waals surface area contributed by atoms with Crippen molar-refractivity contribution in [3.8, 4) is 17.1 Å². The third kappa shape index (κ3) is 8.64. The Morgan fingerprint density at radius 1 is 0.906 bits per heavy atom. The zero-order valence-electron chi connectivity index (χ0n) is 18.3. The van der Waals surface area contributed by atoms with E-state index in [2.05, 4.69) is 29.6 Å². The summed E-state index contributed by atoms with van der Waals surface area (Å²) in [6, 6.07) is 20.3. The van der Waals surface area contributed by atoms with E-state index in [1.807, 2.05) is 36.4 Å². The van der Waals surface area contributed by atoms with Crippen molar-refractivity contribution in [3.05, 3.63) is 78.1 Å². The topological polar surface area (TPSA) is 91.9 Å². The molecular weight excluding hydrogens is 425 g/mol. The van der Waals surface area contributed by atoms with E-state index >= 15 is 0 Å². The van der Waals surface area contributed by atoms with Crippen LogP contribution in [0.3, 0.4) is 0 Å². The lowest BCUT2D eigenvalue weighted by Crippen LogP contribution is -2.16. The van der Waals surface area contributed by atoms with Gasteiger partial charge in [-0.3, -0.25) is 4.57 Å². The minimum absolute atomic E-state index is 0.101. The fourth-order valence-electron chi connectivity index (χ4n) is 3.51. The number of hydrogen-bond donors (Lipinski definition) is 3. The number of hydrogen-bond acceptors (Lipinski definition) is 4. The lowest BCUT2D eigenvalue weighted by Gasteiger charge is -2.13. The zero-order valence-corrected chi connectivity index (χ0v) is 19.2. The summed E-state index contributed by atoms with van der Waals surface area (Å²) in [7, 11) is -3.93. The van der Waals surface area contributed by atoms with E-state index in [1.165, 1.54) is 5.56 Å². The van der Waals surface area contributed by atoms with Gasteiger partial charge in [-0.25, -0.2) is 0 Å². The van der Waals surface area contributed by atoms with Crippen molar-refractivity contribution in [1.29, 1.82) is 0 Å². The molecule has 3 N–H and O–H groups in total. The molecule has 0 bridgehead atoms. The van der Waals surface area contributed by atoms with Gasteiger partial charge in [0.2, 0.25) is 0 Å². The van der Waals surface area contributed by atoms with Crippen LogP contribution in [0.5, 0.6) is 5.75 Å². The van der Waals surface area contributed by atoms with Crippen LogP contribution in [-0.2, 0) is 17.5 Å². The molecule has 0 saturated carbocycles. The van der Waals surface area contributed by atoms with Gasteiger partial charge in [0.25, 0.3) is 0 Å². The van der Waals surface area contributed by atoms with Crippen LogP contribution >= 0.6 is 7.60 Å². The van der Waals surface area contributed by atoms with Crippen molar-refractivity contribution in [2.24, 2.45) is 0 Å². The van der Waals surface area contributed by atoms with Crippen LogP contribution in [0.2, 0.25) is 0 Å². The molecule has 32 heavy (non-hydrogen) atoms. The molecule has 0 unspecified atom stereocenters. The second kappa shape index (κ2) is 12.6. The molecule has 7 heteroatoms. The molecule has 3 aromatic rings. The Morgan fingerprint density at radius 2 is 1.75 bits per heavy atom. The standard InChI is InChI=1S/C25H32NO5P/c27-32(28,29)18-8-15-26-20-22-13-14-25(23(19-22)24-12-7-17-31-24)30-16-6-2-5-11-21-9-3-1-4-10-21/h1,3-4,7,9-10,12-14,17,19,26H,2,5-6,8,11,15-16,18,20H2,(H2,27,28,29). The molecule has 0 radical (unpaired) electrons. The Morgan fingerprint density at radius 3 is 2.50 bits per heavy atom. The van der Waals surface area contributed by atoms with E-state index in [0.29, 0.717) is 26.1 Å². The van der Waals surface area contributed by atoms with E-state index in [1.54, 1.807) is 6.26 Å². The van der Waals surface area contributed by atoms with E-state index in [9.17, 15) is 4.57 Å². The molecule has 0 spiro atoms. The third-order valence-corrected chi connectivity index (χ3v) is 6.07. The average Bonchev–Trinajstić information content (AvgIpc) is 3.31. The first-order chi connectivity index (χ1) is 15.5. The van der Waals surface area contributed by atoms with Gasteiger partial charge in [-0.1, -0.05) is 36.4 Å². The van der Waals surface area contributed by atoms with Gasteiger partial charge < -0.3 is 24.3 Å². The summed E-state index contributed by atoms with van der Waals surface area (Å²) in [5, 5.41) is 3.23. The highest BCUT2D eigenvalue weighted by molar-refractivity contribution is 7.51. The fourth-order valence-corrected chi connectivity index (χ4v) is 4.08. The third-order valence-electron chi connectivity index (χ3n) is 5.17. The van der Waals surface area contributed by atoms with Crippen LogP contribution in [0, 0.1) is 0 Å². The fraction of sp³-hybridized carbons (Fsp3) is 0.360. The van der Waals surface area contributed by atoms with Crippen molar-refractivity contribution in [2.75, 3.05) is 19.3 Å². The van der Waals surface area contributed by atoms with Crippen molar-refractivity contribution in [2.45, 2.75) is 38.6 Å². The summed E-state index contributed by atoms with van der Waals surface area (Å²) in [6.45, 7) is 1.81. The summed E-state index contributed by atoms with van der Waals surface area (Å²) >= 11 is 0. The minimum atomic E-state index is -3.93. The SMILES string of the molecule is O=P(O)(O)CCCNCc1ccc(OCCCCCc2ccccc2)c(-c2ccco2)c1. The molecule has 2 aromatic carbocycles. The van der Waals surface area contributed by atoms with Gasteiger partial charge in [-0.2, -0.15) is 0 Å². The molecule has 0 fully saturated rings. The highest BCUT2D eigenvalue weighted by Gasteiger charge is 2.12. The van der Waals surface area contributed by atoms with Gasteiger partial charge in [-0.05, 0) is 74.0 Å². The predicted molar refractivity (Wildman–Crippen MR) is 127 cm³/mol. The quantitative estimate of drug-likeness (QED) is 0.222. The Balaban J connectivity index is 1.47. The molecule has 6 nitrogen and oxygen atoms in total. The molecule has 1 heterocycles. The Labute approximate surface area is 189 Å². The van der Waals surface area contributed by atoms with Crippen molar-refractivity contribution in [1.82, 2.24) is 5.32 Å². The van der Waals surface area contributed by atoms with Crippen LogP contribution in [0.15, 0.2) is 71.3 Å². The lowest BCUT2D eigenvalue weighted by atomic mass is 10.1. The van der Waals surface area contributed by atoms with Crippen LogP contribution < -0.4 is 10.1 Å². The number of unbranched alkanes of at least 4 members (excludes halogenated alkanes) is 2. The molecule has 0 atom stereocenters. The van der Waals surface area contributed by atoms with Crippen molar-refractivity contribution < 1.29 is 23.5 Å². The maximum Gasteiger partial charge on any atom is 0.325 e. The van der Waals surface area contributed by atoms with Gasteiger partial charge in [0.1, 0.15) is 11.5 Å². The van der Waals surface area contributed by atoms with Crippen molar-refractivity contribution >= 4 is 7.60 Å². The summed E-state index contributed by atoms with van der Waals surface area (Å²) in [5.41, 5.74) is 3.34. The number of rotatable bonds is 14. The van der Waals surface area contributed by atoms with Crippen molar-refractivity contribution in [3.63, 3.8) is 0 Å². The number of ether oxygens (including phenoxy) is 1. The average molecular weight is 458 g/mol. The second-order valence-corrected chi connectivity index (χ2v) is 9.65. The van der Waals surface area contributed by atoms with Crippen LogP contribution in [0.1, 0.15) is 36.8 Å². The maximum absolute atomic E-state index is 10.9. The summed E-state index contributed by atoms with van der Waals surface area (Å²) in [5.74, 6) is 1.56. The number of nitrogens with one attached hydrogen (secondary N) is 1. The molecule has 172 valence electrons. The van der Waals surface area contributed by atoms with Gasteiger partial charge in [0, 0.05) is 6.54 Å².